The summed E-state index contributed by atoms with van der Waals surface area (Å²) in [5.41, 5.74) is 6.64. The zero-order chi connectivity index (χ0) is 24.9. The van der Waals surface area contributed by atoms with Crippen molar-refractivity contribution in [3.05, 3.63) is 95.1 Å². The van der Waals surface area contributed by atoms with E-state index >= 15 is 0 Å². The smallest absolute Gasteiger partial charge is 0.253 e. The van der Waals surface area contributed by atoms with Crippen LogP contribution in [0.4, 0.5) is 11.4 Å². The average Bonchev–Trinajstić information content (AvgIpc) is 2.94. The maximum atomic E-state index is 13.0. The molecule has 3 aromatic rings. The van der Waals surface area contributed by atoms with E-state index in [9.17, 15) is 9.59 Å². The molecule has 2 aliphatic heterocycles. The quantitative estimate of drug-likeness (QED) is 0.449. The third kappa shape index (κ3) is 5.30. The number of amides is 2. The summed E-state index contributed by atoms with van der Waals surface area (Å²) in [6.45, 7) is 5.85. The van der Waals surface area contributed by atoms with Gasteiger partial charge in [-0.3, -0.25) is 9.59 Å². The molecule has 0 atom stereocenters. The van der Waals surface area contributed by atoms with Crippen molar-refractivity contribution in [3.63, 3.8) is 0 Å². The number of nitrogens with zero attached hydrogens (tertiary/aromatic N) is 3. The van der Waals surface area contributed by atoms with Gasteiger partial charge in [0.05, 0.1) is 6.54 Å². The summed E-state index contributed by atoms with van der Waals surface area (Å²) in [6, 6.07) is 24.8. The van der Waals surface area contributed by atoms with Gasteiger partial charge in [-0.05, 0) is 66.3 Å². The van der Waals surface area contributed by atoms with Crippen molar-refractivity contribution in [1.82, 2.24) is 4.90 Å². The lowest BCUT2D eigenvalue weighted by Gasteiger charge is -2.37. The summed E-state index contributed by atoms with van der Waals surface area (Å²) < 4.78 is 0. The monoisotopic (exact) mass is 481 g/mol. The van der Waals surface area contributed by atoms with E-state index in [1.165, 1.54) is 29.7 Å². The zero-order valence-corrected chi connectivity index (χ0v) is 21.2. The summed E-state index contributed by atoms with van der Waals surface area (Å²) in [7, 11) is 0. The molecule has 0 radical (unpaired) electrons. The zero-order valence-electron chi connectivity index (χ0n) is 21.2. The fourth-order valence-electron chi connectivity index (χ4n) is 5.23. The van der Waals surface area contributed by atoms with Crippen molar-refractivity contribution in [2.75, 3.05) is 36.0 Å². The molecule has 5 nitrogen and oxygen atoms in total. The van der Waals surface area contributed by atoms with Crippen molar-refractivity contribution >= 4 is 23.2 Å². The molecule has 0 unspecified atom stereocenters. The predicted molar refractivity (Wildman–Crippen MR) is 146 cm³/mol. The van der Waals surface area contributed by atoms with Crippen LogP contribution in [0.1, 0.15) is 53.2 Å². The van der Waals surface area contributed by atoms with E-state index in [2.05, 4.69) is 54.3 Å². The van der Waals surface area contributed by atoms with Gasteiger partial charge in [-0.25, -0.2) is 0 Å². The van der Waals surface area contributed by atoms with E-state index in [1.807, 2.05) is 40.1 Å². The van der Waals surface area contributed by atoms with Crippen LogP contribution in [0, 0.1) is 0 Å². The second kappa shape index (κ2) is 11.0. The molecule has 5 rings (SSSR count). The number of carbonyl (C=O) groups is 2. The summed E-state index contributed by atoms with van der Waals surface area (Å²) in [4.78, 5) is 32.0. The number of hydrogen-bond donors (Lipinski definition) is 0. The first-order valence-electron chi connectivity index (χ1n) is 13.2. The molecule has 2 amide bonds. The maximum Gasteiger partial charge on any atom is 0.253 e. The highest BCUT2D eigenvalue weighted by atomic mass is 16.2. The number of unbranched alkanes of at least 4 members (excludes halogenated alkanes) is 1. The minimum Gasteiger partial charge on any atom is -0.368 e. The predicted octanol–water partition coefficient (Wildman–Crippen LogP) is 5.47. The van der Waals surface area contributed by atoms with E-state index in [-0.39, 0.29) is 11.8 Å². The van der Waals surface area contributed by atoms with E-state index in [4.69, 9.17) is 0 Å². The molecule has 3 aromatic carbocycles. The molecule has 1 saturated heterocycles. The van der Waals surface area contributed by atoms with Crippen molar-refractivity contribution in [1.29, 1.82) is 0 Å². The molecular weight excluding hydrogens is 446 g/mol. The summed E-state index contributed by atoms with van der Waals surface area (Å²) in [5, 5.41) is 0. The lowest BCUT2D eigenvalue weighted by atomic mass is 9.99. The number of fused-ring (bicyclic) bond motifs is 1. The molecule has 5 heteroatoms. The van der Waals surface area contributed by atoms with Gasteiger partial charge in [0.2, 0.25) is 5.91 Å². The van der Waals surface area contributed by atoms with Crippen molar-refractivity contribution in [2.24, 2.45) is 0 Å². The lowest BCUT2D eigenvalue weighted by Crippen LogP contribution is -2.48. The fourth-order valence-corrected chi connectivity index (χ4v) is 5.23. The maximum absolute atomic E-state index is 13.0. The van der Waals surface area contributed by atoms with Gasteiger partial charge < -0.3 is 14.7 Å². The molecule has 0 bridgehead atoms. The third-order valence-electron chi connectivity index (χ3n) is 7.40. The molecular formula is C31H35N3O2. The Bertz CT molecular complexity index is 1200. The van der Waals surface area contributed by atoms with Crippen LogP contribution in [-0.4, -0.2) is 42.9 Å². The van der Waals surface area contributed by atoms with Crippen molar-refractivity contribution < 1.29 is 9.59 Å². The Kier molecular flexibility index (Phi) is 7.36. The Balaban J connectivity index is 1.22. The second-order valence-corrected chi connectivity index (χ2v) is 9.86. The molecule has 0 N–H and O–H groups in total. The highest BCUT2D eigenvalue weighted by Gasteiger charge is 2.27. The molecule has 36 heavy (non-hydrogen) atoms. The Hall–Kier alpha value is -3.60. The summed E-state index contributed by atoms with van der Waals surface area (Å²) in [6.07, 6.45) is 4.75. The van der Waals surface area contributed by atoms with Crippen LogP contribution in [0.25, 0.3) is 0 Å². The third-order valence-corrected chi connectivity index (χ3v) is 7.40. The van der Waals surface area contributed by atoms with E-state index in [0.717, 1.165) is 42.7 Å². The first-order chi connectivity index (χ1) is 17.6. The second-order valence-electron chi connectivity index (χ2n) is 9.86. The van der Waals surface area contributed by atoms with Crippen LogP contribution in [0.5, 0.6) is 0 Å². The fraction of sp³-hybridized carbons (Fsp3) is 0.355. The van der Waals surface area contributed by atoms with Gasteiger partial charge in [0.1, 0.15) is 0 Å². The van der Waals surface area contributed by atoms with Gasteiger partial charge in [-0.15, -0.1) is 0 Å². The van der Waals surface area contributed by atoms with Gasteiger partial charge >= 0.3 is 0 Å². The Morgan fingerprint density at radius 2 is 1.58 bits per heavy atom. The van der Waals surface area contributed by atoms with Gasteiger partial charge in [0.15, 0.2) is 0 Å². The van der Waals surface area contributed by atoms with Crippen LogP contribution >= 0.6 is 0 Å². The van der Waals surface area contributed by atoms with Crippen LogP contribution in [0.15, 0.2) is 72.8 Å². The van der Waals surface area contributed by atoms with Crippen molar-refractivity contribution in [2.45, 2.75) is 45.6 Å². The highest BCUT2D eigenvalue weighted by Crippen LogP contribution is 2.33. The number of rotatable bonds is 7. The number of carbonyl (C=O) groups excluding carboxylic acids is 2. The number of hydrogen-bond acceptors (Lipinski definition) is 3. The standard InChI is InChI=1S/C31H35N3O2/c1-2-3-7-24-10-12-26(13-11-24)31(36)33-20-18-32(19-21-33)28-15-16-29-27(22-28)14-17-30(35)34(29)23-25-8-5-4-6-9-25/h4-6,8-13,15-16,22H,2-3,7,14,17-21,23H2,1H3. The number of aryl methyl sites for hydroxylation is 2. The van der Waals surface area contributed by atoms with Crippen LogP contribution in [0.2, 0.25) is 0 Å². The van der Waals surface area contributed by atoms with Crippen LogP contribution in [-0.2, 0) is 24.2 Å². The summed E-state index contributed by atoms with van der Waals surface area (Å²) >= 11 is 0. The molecule has 1 fully saturated rings. The lowest BCUT2D eigenvalue weighted by molar-refractivity contribution is -0.119. The molecule has 2 heterocycles. The Morgan fingerprint density at radius 3 is 2.31 bits per heavy atom. The Morgan fingerprint density at radius 1 is 0.833 bits per heavy atom. The van der Waals surface area contributed by atoms with E-state index in [0.29, 0.717) is 26.1 Å². The van der Waals surface area contributed by atoms with Gasteiger partial charge in [0, 0.05) is 49.5 Å². The first kappa shape index (κ1) is 24.1. The largest absolute Gasteiger partial charge is 0.368 e. The molecule has 0 spiro atoms. The average molecular weight is 482 g/mol. The van der Waals surface area contributed by atoms with Crippen LogP contribution in [0.3, 0.4) is 0 Å². The summed E-state index contributed by atoms with van der Waals surface area (Å²) in [5.74, 6) is 0.307. The SMILES string of the molecule is CCCCc1ccc(C(=O)N2CCN(c3ccc4c(c3)CCC(=O)N4Cc3ccccc3)CC2)cc1. The Labute approximate surface area is 214 Å². The van der Waals surface area contributed by atoms with Crippen molar-refractivity contribution in [3.8, 4) is 0 Å². The van der Waals surface area contributed by atoms with E-state index in [1.54, 1.807) is 0 Å². The van der Waals surface area contributed by atoms with Gasteiger partial charge in [-0.1, -0.05) is 55.8 Å². The topological polar surface area (TPSA) is 43.9 Å². The van der Waals surface area contributed by atoms with E-state index < -0.39 is 0 Å². The number of anilines is 2. The minimum absolute atomic E-state index is 0.122. The molecule has 0 saturated carbocycles. The van der Waals surface area contributed by atoms with Gasteiger partial charge in [0.25, 0.3) is 5.91 Å². The normalized spacial score (nSPS) is 15.7. The number of benzene rings is 3. The number of piperazine rings is 1. The van der Waals surface area contributed by atoms with Crippen LogP contribution < -0.4 is 9.80 Å². The van der Waals surface area contributed by atoms with Gasteiger partial charge in [-0.2, -0.15) is 0 Å². The molecule has 0 aromatic heterocycles. The molecule has 2 aliphatic rings. The first-order valence-corrected chi connectivity index (χ1v) is 13.2. The minimum atomic E-state index is 0.122. The highest BCUT2D eigenvalue weighted by molar-refractivity contribution is 5.97. The molecule has 0 aliphatic carbocycles. The molecule has 186 valence electrons.